The summed E-state index contributed by atoms with van der Waals surface area (Å²) in [6, 6.07) is 5.88. The van der Waals surface area contributed by atoms with Gasteiger partial charge in [-0.15, -0.1) is 0 Å². The molecule has 1 aromatic rings. The molecule has 1 aliphatic carbocycles. The van der Waals surface area contributed by atoms with Crippen LogP contribution in [0.2, 0.25) is 0 Å². The molecule has 24 heavy (non-hydrogen) atoms. The van der Waals surface area contributed by atoms with Crippen molar-refractivity contribution < 1.29 is 14.7 Å². The number of rotatable bonds is 6. The summed E-state index contributed by atoms with van der Waals surface area (Å²) in [5.41, 5.74) is 6.70. The SMILES string of the molecule is CC1(C)C(C=C(Cl)Cl)C1C(=O)N[C@@H](Cc1ccc(N)cc1)C(=O)O. The lowest BCUT2D eigenvalue weighted by Gasteiger charge is -2.15. The monoisotopic (exact) mass is 370 g/mol. The second kappa shape index (κ2) is 7.03. The maximum absolute atomic E-state index is 12.5. The molecule has 4 N–H and O–H groups in total. The fraction of sp³-hybridized carbons (Fsp3) is 0.412. The van der Waals surface area contributed by atoms with Gasteiger partial charge in [0.05, 0.1) is 5.92 Å². The lowest BCUT2D eigenvalue weighted by molar-refractivity contribution is -0.142. The molecule has 1 saturated carbocycles. The van der Waals surface area contributed by atoms with Crippen LogP contribution in [0.5, 0.6) is 0 Å². The predicted molar refractivity (Wildman–Crippen MR) is 94.7 cm³/mol. The average molecular weight is 371 g/mol. The summed E-state index contributed by atoms with van der Waals surface area (Å²) in [5, 5.41) is 12.0. The second-order valence-corrected chi connectivity index (χ2v) is 7.63. The van der Waals surface area contributed by atoms with E-state index >= 15 is 0 Å². The number of carbonyl (C=O) groups excluding carboxylic acids is 1. The third-order valence-corrected chi connectivity index (χ3v) is 4.78. The summed E-state index contributed by atoms with van der Waals surface area (Å²) >= 11 is 11.4. The van der Waals surface area contributed by atoms with Gasteiger partial charge in [-0.1, -0.05) is 49.2 Å². The maximum atomic E-state index is 12.5. The molecule has 0 aromatic heterocycles. The fourth-order valence-electron chi connectivity index (χ4n) is 2.98. The number of allylic oxidation sites excluding steroid dienone is 1. The number of nitrogen functional groups attached to an aromatic ring is 1. The van der Waals surface area contributed by atoms with Gasteiger partial charge in [-0.05, 0) is 35.1 Å². The summed E-state index contributed by atoms with van der Waals surface area (Å²) in [7, 11) is 0. The molecule has 1 aliphatic rings. The Morgan fingerprint density at radius 2 is 1.92 bits per heavy atom. The molecule has 130 valence electrons. The van der Waals surface area contributed by atoms with Crippen LogP contribution in [0, 0.1) is 17.3 Å². The number of nitrogens with one attached hydrogen (secondary N) is 1. The van der Waals surface area contributed by atoms with Crippen LogP contribution >= 0.6 is 23.2 Å². The number of halogens is 2. The quantitative estimate of drug-likeness (QED) is 0.671. The van der Waals surface area contributed by atoms with E-state index in [0.29, 0.717) is 5.69 Å². The third-order valence-electron chi connectivity index (χ3n) is 4.53. The molecule has 5 nitrogen and oxygen atoms in total. The minimum absolute atomic E-state index is 0.103. The van der Waals surface area contributed by atoms with Crippen molar-refractivity contribution in [2.24, 2.45) is 17.3 Å². The molecule has 1 fully saturated rings. The van der Waals surface area contributed by atoms with Crippen LogP contribution in [0.15, 0.2) is 34.8 Å². The highest BCUT2D eigenvalue weighted by Gasteiger charge is 2.60. The van der Waals surface area contributed by atoms with Crippen molar-refractivity contribution in [1.29, 1.82) is 0 Å². The molecule has 0 saturated heterocycles. The topological polar surface area (TPSA) is 92.4 Å². The molecule has 0 heterocycles. The molecule has 1 amide bonds. The van der Waals surface area contributed by atoms with E-state index < -0.39 is 12.0 Å². The van der Waals surface area contributed by atoms with Crippen LogP contribution in [-0.4, -0.2) is 23.0 Å². The van der Waals surface area contributed by atoms with Gasteiger partial charge in [0.25, 0.3) is 0 Å². The van der Waals surface area contributed by atoms with Gasteiger partial charge in [-0.2, -0.15) is 0 Å². The first-order valence-electron chi connectivity index (χ1n) is 7.53. The first kappa shape index (κ1) is 18.6. The number of aliphatic carboxylic acids is 1. The second-order valence-electron chi connectivity index (χ2n) is 6.63. The van der Waals surface area contributed by atoms with Crippen molar-refractivity contribution in [2.75, 3.05) is 5.73 Å². The van der Waals surface area contributed by atoms with Gasteiger partial charge in [-0.25, -0.2) is 4.79 Å². The number of amides is 1. The molecule has 1 aromatic carbocycles. The van der Waals surface area contributed by atoms with Crippen LogP contribution in [-0.2, 0) is 16.0 Å². The molecular formula is C17H20Cl2N2O3. The van der Waals surface area contributed by atoms with Crippen LogP contribution in [0.25, 0.3) is 0 Å². The normalized spacial score (nSPS) is 22.3. The molecule has 2 unspecified atom stereocenters. The molecule has 0 spiro atoms. The number of hydrogen-bond donors (Lipinski definition) is 3. The largest absolute Gasteiger partial charge is 0.480 e. The number of benzene rings is 1. The zero-order valence-corrected chi connectivity index (χ0v) is 14.9. The summed E-state index contributed by atoms with van der Waals surface area (Å²) < 4.78 is 0.111. The van der Waals surface area contributed by atoms with Crippen molar-refractivity contribution in [3.63, 3.8) is 0 Å². The highest BCUT2D eigenvalue weighted by Crippen LogP contribution is 2.59. The van der Waals surface area contributed by atoms with Crippen molar-refractivity contribution in [2.45, 2.75) is 26.3 Å². The Bertz CT molecular complexity index is 667. The highest BCUT2D eigenvalue weighted by atomic mass is 35.5. The van der Waals surface area contributed by atoms with Gasteiger partial charge in [0, 0.05) is 12.1 Å². The maximum Gasteiger partial charge on any atom is 0.326 e. The Hall–Kier alpha value is -1.72. The van der Waals surface area contributed by atoms with Gasteiger partial charge in [0.1, 0.15) is 10.5 Å². The van der Waals surface area contributed by atoms with Gasteiger partial charge >= 0.3 is 5.97 Å². The number of carboxylic acids is 1. The van der Waals surface area contributed by atoms with Crippen LogP contribution in [0.1, 0.15) is 19.4 Å². The zero-order valence-electron chi connectivity index (χ0n) is 13.4. The Kier molecular flexibility index (Phi) is 5.45. The molecule has 7 heteroatoms. The first-order valence-corrected chi connectivity index (χ1v) is 8.29. The van der Waals surface area contributed by atoms with E-state index in [1.807, 2.05) is 13.8 Å². The van der Waals surface area contributed by atoms with E-state index in [0.717, 1.165) is 5.56 Å². The van der Waals surface area contributed by atoms with E-state index in [4.69, 9.17) is 28.9 Å². The van der Waals surface area contributed by atoms with Gasteiger partial charge in [0.15, 0.2) is 0 Å². The molecule has 0 aliphatic heterocycles. The van der Waals surface area contributed by atoms with E-state index in [9.17, 15) is 14.7 Å². The molecular weight excluding hydrogens is 351 g/mol. The summed E-state index contributed by atoms with van der Waals surface area (Å²) in [5.74, 6) is -1.84. The standard InChI is InChI=1S/C17H20Cl2N2O3/c1-17(2)11(8-13(18)19)14(17)15(22)21-12(16(23)24)7-9-3-5-10(20)6-4-9/h3-6,8,11-12,14H,7,20H2,1-2H3,(H,21,22)(H,23,24)/t11?,12-,14?/m0/s1. The fourth-order valence-corrected chi connectivity index (χ4v) is 3.25. The minimum atomic E-state index is -1.08. The van der Waals surface area contributed by atoms with Crippen molar-refractivity contribution in [3.05, 3.63) is 40.4 Å². The molecule has 3 atom stereocenters. The molecule has 0 bridgehead atoms. The Morgan fingerprint density at radius 3 is 2.42 bits per heavy atom. The van der Waals surface area contributed by atoms with Crippen LogP contribution < -0.4 is 11.1 Å². The predicted octanol–water partition coefficient (Wildman–Crippen LogP) is 2.97. The summed E-state index contributed by atoms with van der Waals surface area (Å²) in [4.78, 5) is 23.9. The molecule has 2 rings (SSSR count). The van der Waals surface area contributed by atoms with Gasteiger partial charge in [0.2, 0.25) is 5.91 Å². The van der Waals surface area contributed by atoms with Gasteiger partial charge < -0.3 is 16.2 Å². The number of hydrogen-bond acceptors (Lipinski definition) is 3. The number of anilines is 1. The first-order chi connectivity index (χ1) is 11.1. The van der Waals surface area contributed by atoms with Gasteiger partial charge in [-0.3, -0.25) is 4.79 Å². The smallest absolute Gasteiger partial charge is 0.326 e. The van der Waals surface area contributed by atoms with Crippen molar-refractivity contribution in [1.82, 2.24) is 5.32 Å². The Balaban J connectivity index is 2.06. The average Bonchev–Trinajstić information content (AvgIpc) is 3.00. The minimum Gasteiger partial charge on any atom is -0.480 e. The van der Waals surface area contributed by atoms with Crippen molar-refractivity contribution in [3.8, 4) is 0 Å². The zero-order chi connectivity index (χ0) is 18.1. The van der Waals surface area contributed by atoms with Crippen LogP contribution in [0.4, 0.5) is 5.69 Å². The Labute approximate surface area is 150 Å². The third kappa shape index (κ3) is 4.22. The van der Waals surface area contributed by atoms with E-state index in [2.05, 4.69) is 5.32 Å². The summed E-state index contributed by atoms with van der Waals surface area (Å²) in [6.45, 7) is 3.84. The summed E-state index contributed by atoms with van der Waals surface area (Å²) in [6.07, 6.45) is 1.81. The Morgan fingerprint density at radius 1 is 1.33 bits per heavy atom. The van der Waals surface area contributed by atoms with Crippen molar-refractivity contribution >= 4 is 40.8 Å². The number of carbonyl (C=O) groups is 2. The van der Waals surface area contributed by atoms with E-state index in [1.54, 1.807) is 30.3 Å². The van der Waals surface area contributed by atoms with E-state index in [-0.39, 0.29) is 34.1 Å². The van der Waals surface area contributed by atoms with Crippen LogP contribution in [0.3, 0.4) is 0 Å². The lowest BCUT2D eigenvalue weighted by atomic mass is 10.0. The van der Waals surface area contributed by atoms with E-state index in [1.165, 1.54) is 0 Å². The number of carboxylic acid groups (broad SMARTS) is 1. The lowest BCUT2D eigenvalue weighted by Crippen LogP contribution is -2.43. The number of nitrogens with two attached hydrogens (primary N) is 1. The molecule has 0 radical (unpaired) electrons. The highest BCUT2D eigenvalue weighted by molar-refractivity contribution is 6.55.